The summed E-state index contributed by atoms with van der Waals surface area (Å²) in [6.07, 6.45) is 7.71. The molecule has 2 atom stereocenters. The molecule has 29 heavy (non-hydrogen) atoms. The number of hydrogen-bond donors (Lipinski definition) is 2. The molecule has 0 saturated heterocycles. The van der Waals surface area contributed by atoms with Crippen LogP contribution in [0.2, 0.25) is 0 Å². The molecule has 0 aliphatic heterocycles. The molecule has 4 aliphatic rings. The van der Waals surface area contributed by atoms with E-state index in [1.165, 1.54) is 6.42 Å². The highest BCUT2D eigenvalue weighted by Crippen LogP contribution is 2.57. The Morgan fingerprint density at radius 2 is 1.62 bits per heavy atom. The number of carbonyl (C=O) groups is 2. The van der Waals surface area contributed by atoms with Gasteiger partial charge in [-0.05, 0) is 75.5 Å². The van der Waals surface area contributed by atoms with Gasteiger partial charge in [0.2, 0.25) is 0 Å². The SMILES string of the molecule is Cc1cccc(C(=O)NC23CC4CC(C2)CC(NC(=O)c2ccn(C)n2)(C4)C3)n1. The van der Waals surface area contributed by atoms with E-state index >= 15 is 0 Å². The van der Waals surface area contributed by atoms with Crippen LogP contribution in [0.4, 0.5) is 0 Å². The molecule has 2 N–H and O–H groups in total. The maximum Gasteiger partial charge on any atom is 0.272 e. The molecule has 4 bridgehead atoms. The molecule has 6 rings (SSSR count). The fourth-order valence-corrected chi connectivity index (χ4v) is 6.37. The predicted octanol–water partition coefficient (Wildman–Crippen LogP) is 2.37. The molecule has 0 aromatic carbocycles. The second-order valence-electron chi connectivity index (χ2n) is 9.47. The van der Waals surface area contributed by atoms with Crippen LogP contribution < -0.4 is 10.6 Å². The van der Waals surface area contributed by atoms with Crippen LogP contribution in [0, 0.1) is 18.8 Å². The van der Waals surface area contributed by atoms with E-state index in [0.29, 0.717) is 23.2 Å². The van der Waals surface area contributed by atoms with Gasteiger partial charge in [0.15, 0.2) is 0 Å². The summed E-state index contributed by atoms with van der Waals surface area (Å²) in [6.45, 7) is 1.89. The highest BCUT2D eigenvalue weighted by atomic mass is 16.2. The van der Waals surface area contributed by atoms with Gasteiger partial charge in [-0.2, -0.15) is 5.10 Å². The number of aromatic nitrogens is 3. The lowest BCUT2D eigenvalue weighted by atomic mass is 9.49. The van der Waals surface area contributed by atoms with Gasteiger partial charge < -0.3 is 10.6 Å². The largest absolute Gasteiger partial charge is 0.345 e. The molecule has 2 aromatic rings. The monoisotopic (exact) mass is 393 g/mol. The topological polar surface area (TPSA) is 88.9 Å². The van der Waals surface area contributed by atoms with Crippen molar-refractivity contribution >= 4 is 11.8 Å². The van der Waals surface area contributed by atoms with Gasteiger partial charge in [-0.15, -0.1) is 0 Å². The van der Waals surface area contributed by atoms with E-state index in [1.54, 1.807) is 23.0 Å². The molecule has 4 aliphatic carbocycles. The van der Waals surface area contributed by atoms with Crippen molar-refractivity contribution in [3.8, 4) is 0 Å². The van der Waals surface area contributed by atoms with Gasteiger partial charge >= 0.3 is 0 Å². The lowest BCUT2D eigenvalue weighted by Crippen LogP contribution is -2.69. The van der Waals surface area contributed by atoms with E-state index in [2.05, 4.69) is 20.7 Å². The fraction of sp³-hybridized carbons (Fsp3) is 0.545. The molecule has 2 unspecified atom stereocenters. The molecule has 7 heteroatoms. The summed E-state index contributed by atoms with van der Waals surface area (Å²) in [5.74, 6) is 0.841. The Kier molecular flexibility index (Phi) is 4.05. The molecule has 0 radical (unpaired) electrons. The van der Waals surface area contributed by atoms with E-state index < -0.39 is 0 Å². The molecular formula is C22H27N5O2. The molecule has 2 amide bonds. The summed E-state index contributed by atoms with van der Waals surface area (Å²) in [4.78, 5) is 30.2. The number of hydrogen-bond acceptors (Lipinski definition) is 4. The van der Waals surface area contributed by atoms with Crippen molar-refractivity contribution in [3.63, 3.8) is 0 Å². The first kappa shape index (κ1) is 18.3. The number of nitrogens with zero attached hydrogens (tertiary/aromatic N) is 3. The molecule has 2 heterocycles. The minimum absolute atomic E-state index is 0.109. The molecule has 2 aromatic heterocycles. The van der Waals surface area contributed by atoms with E-state index in [1.807, 2.05) is 26.1 Å². The molecule has 0 spiro atoms. The average molecular weight is 393 g/mol. The first-order chi connectivity index (χ1) is 13.8. The predicted molar refractivity (Wildman–Crippen MR) is 107 cm³/mol. The summed E-state index contributed by atoms with van der Waals surface area (Å²) in [6, 6.07) is 7.27. The minimum Gasteiger partial charge on any atom is -0.345 e. The number of nitrogens with one attached hydrogen (secondary N) is 2. The van der Waals surface area contributed by atoms with Crippen molar-refractivity contribution in [1.82, 2.24) is 25.4 Å². The van der Waals surface area contributed by atoms with Gasteiger partial charge in [0, 0.05) is 30.0 Å². The van der Waals surface area contributed by atoms with E-state index in [0.717, 1.165) is 37.8 Å². The van der Waals surface area contributed by atoms with Crippen LogP contribution >= 0.6 is 0 Å². The van der Waals surface area contributed by atoms with Crippen LogP contribution in [0.25, 0.3) is 0 Å². The minimum atomic E-state index is -0.260. The lowest BCUT2D eigenvalue weighted by Gasteiger charge is -2.62. The third-order valence-corrected chi connectivity index (χ3v) is 6.89. The van der Waals surface area contributed by atoms with Crippen molar-refractivity contribution in [2.75, 3.05) is 0 Å². The van der Waals surface area contributed by atoms with E-state index in [-0.39, 0.29) is 22.9 Å². The highest BCUT2D eigenvalue weighted by Gasteiger charge is 2.58. The Balaban J connectivity index is 1.38. The smallest absolute Gasteiger partial charge is 0.272 e. The molecule has 4 fully saturated rings. The first-order valence-electron chi connectivity index (χ1n) is 10.4. The molecular weight excluding hydrogens is 366 g/mol. The second-order valence-corrected chi connectivity index (χ2v) is 9.47. The van der Waals surface area contributed by atoms with Gasteiger partial charge in [0.05, 0.1) is 0 Å². The number of aryl methyl sites for hydroxylation is 2. The maximum atomic E-state index is 13.0. The van der Waals surface area contributed by atoms with Crippen LogP contribution in [-0.4, -0.2) is 37.7 Å². The van der Waals surface area contributed by atoms with Crippen molar-refractivity contribution in [1.29, 1.82) is 0 Å². The number of pyridine rings is 1. The second kappa shape index (κ2) is 6.40. The molecule has 7 nitrogen and oxygen atoms in total. The first-order valence-corrected chi connectivity index (χ1v) is 10.4. The van der Waals surface area contributed by atoms with Gasteiger partial charge in [0.25, 0.3) is 11.8 Å². The summed E-state index contributed by atoms with van der Waals surface area (Å²) in [5.41, 5.74) is 1.23. The van der Waals surface area contributed by atoms with Gasteiger partial charge in [0.1, 0.15) is 11.4 Å². The van der Waals surface area contributed by atoms with Crippen molar-refractivity contribution in [2.45, 2.75) is 56.5 Å². The van der Waals surface area contributed by atoms with Crippen LogP contribution in [0.1, 0.15) is 65.2 Å². The van der Waals surface area contributed by atoms with Crippen molar-refractivity contribution in [2.24, 2.45) is 18.9 Å². The highest BCUT2D eigenvalue weighted by molar-refractivity contribution is 5.93. The number of rotatable bonds is 4. The maximum absolute atomic E-state index is 13.0. The van der Waals surface area contributed by atoms with Gasteiger partial charge in [-0.25, -0.2) is 4.98 Å². The Morgan fingerprint density at radius 3 is 2.17 bits per heavy atom. The van der Waals surface area contributed by atoms with Crippen LogP contribution in [0.3, 0.4) is 0 Å². The Morgan fingerprint density at radius 1 is 1.00 bits per heavy atom. The van der Waals surface area contributed by atoms with Crippen molar-refractivity contribution in [3.05, 3.63) is 47.5 Å². The van der Waals surface area contributed by atoms with E-state index in [9.17, 15) is 9.59 Å². The quantitative estimate of drug-likeness (QED) is 0.835. The van der Waals surface area contributed by atoms with E-state index in [4.69, 9.17) is 0 Å². The average Bonchev–Trinajstić information content (AvgIpc) is 3.06. The fourth-order valence-electron chi connectivity index (χ4n) is 6.37. The summed E-state index contributed by atoms with van der Waals surface area (Å²) in [7, 11) is 1.81. The molecule has 4 saturated carbocycles. The number of amides is 2. The Bertz CT molecular complexity index is 967. The normalized spacial score (nSPS) is 32.2. The molecule has 152 valence electrons. The van der Waals surface area contributed by atoms with Gasteiger partial charge in [-0.3, -0.25) is 14.3 Å². The zero-order valence-corrected chi connectivity index (χ0v) is 16.9. The van der Waals surface area contributed by atoms with Gasteiger partial charge in [-0.1, -0.05) is 6.07 Å². The summed E-state index contributed by atoms with van der Waals surface area (Å²) in [5, 5.41) is 10.9. The lowest BCUT2D eigenvalue weighted by molar-refractivity contribution is -0.0449. The summed E-state index contributed by atoms with van der Waals surface area (Å²) >= 11 is 0. The standard InChI is InChI=1S/C22H27N5O2/c1-14-4-3-5-17(23-14)19(28)24-21-9-15-8-16(10-21)12-22(11-15,13-21)25-20(29)18-6-7-27(2)26-18/h3-7,15-16H,8-13H2,1-2H3,(H,24,28)(H,25,29). The van der Waals surface area contributed by atoms with Crippen molar-refractivity contribution < 1.29 is 9.59 Å². The third-order valence-electron chi connectivity index (χ3n) is 6.89. The van der Waals surface area contributed by atoms with Crippen LogP contribution in [0.5, 0.6) is 0 Å². The number of carbonyl (C=O) groups excluding carboxylic acids is 2. The van der Waals surface area contributed by atoms with Crippen LogP contribution in [0.15, 0.2) is 30.5 Å². The zero-order valence-electron chi connectivity index (χ0n) is 16.9. The Hall–Kier alpha value is -2.70. The zero-order chi connectivity index (χ0) is 20.2. The Labute approximate surface area is 170 Å². The van der Waals surface area contributed by atoms with Crippen LogP contribution in [-0.2, 0) is 7.05 Å². The summed E-state index contributed by atoms with van der Waals surface area (Å²) < 4.78 is 1.64. The third kappa shape index (κ3) is 3.32.